The quantitative estimate of drug-likeness (QED) is 0.696. The van der Waals surface area contributed by atoms with E-state index < -0.39 is 6.10 Å². The Balaban J connectivity index is 2.50. The predicted molar refractivity (Wildman–Crippen MR) is 85.9 cm³/mol. The van der Waals surface area contributed by atoms with E-state index in [1.807, 2.05) is 32.0 Å². The first-order valence-electron chi connectivity index (χ1n) is 5.70. The average molecular weight is 420 g/mol. The molecule has 96 valence electrons. The lowest BCUT2D eigenvalue weighted by Crippen LogP contribution is -2.04. The summed E-state index contributed by atoms with van der Waals surface area (Å²) in [6, 6.07) is 5.95. The summed E-state index contributed by atoms with van der Waals surface area (Å²) in [5.74, 6) is 0. The predicted octanol–water partition coefficient (Wildman–Crippen LogP) is 4.39. The maximum absolute atomic E-state index is 10.6. The van der Waals surface area contributed by atoms with Gasteiger partial charge in [0.1, 0.15) is 6.10 Å². The number of hydrogen-bond donors (Lipinski definition) is 2. The maximum atomic E-state index is 10.6. The van der Waals surface area contributed by atoms with Crippen molar-refractivity contribution < 1.29 is 5.11 Å². The van der Waals surface area contributed by atoms with Crippen LogP contribution < -0.4 is 0 Å². The van der Waals surface area contributed by atoms with Gasteiger partial charge in [-0.1, -0.05) is 15.9 Å². The van der Waals surface area contributed by atoms with Crippen LogP contribution in [0.4, 0.5) is 0 Å². The highest BCUT2D eigenvalue weighted by Gasteiger charge is 2.19. The number of aliphatic hydroxyl groups excluding tert-OH is 1. The molecule has 2 rings (SSSR count). The molecule has 0 spiro atoms. The standard InChI is InChI=1S/C14H15BrINO/c1-7-8(2)13(17-9(7)3)14(18)11-6-10(15)4-5-12(11)16/h4-6,14,17-18H,1-3H3. The number of nitrogens with one attached hydrogen (secondary N) is 1. The zero-order chi connectivity index (χ0) is 13.4. The van der Waals surface area contributed by atoms with Crippen molar-refractivity contribution in [1.29, 1.82) is 0 Å². The molecular formula is C14H15BrINO. The molecule has 2 N–H and O–H groups in total. The second-order valence-electron chi connectivity index (χ2n) is 4.48. The summed E-state index contributed by atoms with van der Waals surface area (Å²) in [6.45, 7) is 6.15. The largest absolute Gasteiger partial charge is 0.382 e. The maximum Gasteiger partial charge on any atom is 0.120 e. The number of halogens is 2. The third-order valence-electron chi connectivity index (χ3n) is 3.38. The van der Waals surface area contributed by atoms with Crippen LogP contribution in [0, 0.1) is 24.3 Å². The summed E-state index contributed by atoms with van der Waals surface area (Å²) in [5.41, 5.74) is 5.28. The molecule has 0 aliphatic carbocycles. The van der Waals surface area contributed by atoms with Crippen molar-refractivity contribution in [3.8, 4) is 0 Å². The van der Waals surface area contributed by atoms with Gasteiger partial charge in [-0.2, -0.15) is 0 Å². The van der Waals surface area contributed by atoms with Gasteiger partial charge in [0.15, 0.2) is 0 Å². The monoisotopic (exact) mass is 419 g/mol. The normalized spacial score (nSPS) is 12.8. The van der Waals surface area contributed by atoms with Crippen molar-refractivity contribution in [2.45, 2.75) is 26.9 Å². The summed E-state index contributed by atoms with van der Waals surface area (Å²) in [7, 11) is 0. The molecule has 0 saturated heterocycles. The van der Waals surface area contributed by atoms with E-state index >= 15 is 0 Å². The van der Waals surface area contributed by atoms with Crippen LogP contribution in [-0.2, 0) is 0 Å². The van der Waals surface area contributed by atoms with Crippen molar-refractivity contribution in [3.05, 3.63) is 54.3 Å². The van der Waals surface area contributed by atoms with Gasteiger partial charge in [0.2, 0.25) is 0 Å². The van der Waals surface area contributed by atoms with Gasteiger partial charge in [-0.25, -0.2) is 0 Å². The van der Waals surface area contributed by atoms with Crippen molar-refractivity contribution in [2.75, 3.05) is 0 Å². The minimum absolute atomic E-state index is 0.609. The van der Waals surface area contributed by atoms with E-state index in [0.717, 1.165) is 30.6 Å². The van der Waals surface area contributed by atoms with E-state index in [1.165, 1.54) is 5.56 Å². The molecular weight excluding hydrogens is 405 g/mol. The highest BCUT2D eigenvalue weighted by atomic mass is 127. The Labute approximate surface area is 129 Å². The zero-order valence-electron chi connectivity index (χ0n) is 10.5. The first-order chi connectivity index (χ1) is 8.41. The fourth-order valence-corrected chi connectivity index (χ4v) is 3.04. The Morgan fingerprint density at radius 3 is 2.44 bits per heavy atom. The number of aryl methyl sites for hydroxylation is 1. The number of H-pyrrole nitrogens is 1. The smallest absolute Gasteiger partial charge is 0.120 e. The van der Waals surface area contributed by atoms with Crippen LogP contribution in [0.15, 0.2) is 22.7 Å². The second kappa shape index (κ2) is 5.35. The van der Waals surface area contributed by atoms with Gasteiger partial charge in [0.05, 0.1) is 5.69 Å². The lowest BCUT2D eigenvalue weighted by atomic mass is 10.0. The molecule has 0 fully saturated rings. The first-order valence-corrected chi connectivity index (χ1v) is 7.57. The fourth-order valence-electron chi connectivity index (χ4n) is 2.03. The minimum atomic E-state index is -0.609. The fraction of sp³-hybridized carbons (Fsp3) is 0.286. The molecule has 0 radical (unpaired) electrons. The Hall–Kier alpha value is -0.330. The lowest BCUT2D eigenvalue weighted by molar-refractivity contribution is 0.214. The van der Waals surface area contributed by atoms with Gasteiger partial charge >= 0.3 is 0 Å². The van der Waals surface area contributed by atoms with E-state index in [4.69, 9.17) is 0 Å². The minimum Gasteiger partial charge on any atom is -0.382 e. The topological polar surface area (TPSA) is 36.0 Å². The van der Waals surface area contributed by atoms with Gasteiger partial charge in [-0.15, -0.1) is 0 Å². The lowest BCUT2D eigenvalue weighted by Gasteiger charge is -2.13. The number of benzene rings is 1. The molecule has 2 aromatic rings. The van der Waals surface area contributed by atoms with Crippen LogP contribution in [0.2, 0.25) is 0 Å². The van der Waals surface area contributed by atoms with Crippen molar-refractivity contribution in [3.63, 3.8) is 0 Å². The molecule has 1 atom stereocenters. The third-order valence-corrected chi connectivity index (χ3v) is 4.85. The van der Waals surface area contributed by atoms with Gasteiger partial charge in [0, 0.05) is 19.3 Å². The van der Waals surface area contributed by atoms with E-state index in [0.29, 0.717) is 0 Å². The molecule has 2 nitrogen and oxygen atoms in total. The molecule has 18 heavy (non-hydrogen) atoms. The summed E-state index contributed by atoms with van der Waals surface area (Å²) in [5, 5.41) is 10.6. The molecule has 0 aliphatic heterocycles. The van der Waals surface area contributed by atoms with Crippen LogP contribution in [0.3, 0.4) is 0 Å². The molecule has 1 unspecified atom stereocenters. The Kier molecular flexibility index (Phi) is 4.18. The second-order valence-corrected chi connectivity index (χ2v) is 6.56. The van der Waals surface area contributed by atoms with Gasteiger partial charge < -0.3 is 10.1 Å². The van der Waals surface area contributed by atoms with E-state index in [1.54, 1.807) is 0 Å². The molecule has 0 aliphatic rings. The molecule has 0 saturated carbocycles. The van der Waals surface area contributed by atoms with Crippen LogP contribution in [0.25, 0.3) is 0 Å². The van der Waals surface area contributed by atoms with Crippen molar-refractivity contribution in [2.24, 2.45) is 0 Å². The third kappa shape index (κ3) is 2.51. The summed E-state index contributed by atoms with van der Waals surface area (Å²) in [4.78, 5) is 3.29. The number of rotatable bonds is 2. The van der Waals surface area contributed by atoms with E-state index in [9.17, 15) is 5.11 Å². The first kappa shape index (κ1) is 14.1. The summed E-state index contributed by atoms with van der Waals surface area (Å²) in [6.07, 6.45) is -0.609. The number of aromatic amines is 1. The molecule has 0 bridgehead atoms. The molecule has 1 aromatic carbocycles. The van der Waals surface area contributed by atoms with Crippen molar-refractivity contribution in [1.82, 2.24) is 4.98 Å². The number of aromatic nitrogens is 1. The van der Waals surface area contributed by atoms with Gasteiger partial charge in [0.25, 0.3) is 0 Å². The Bertz CT molecular complexity index is 592. The summed E-state index contributed by atoms with van der Waals surface area (Å²) >= 11 is 5.70. The van der Waals surface area contributed by atoms with Crippen molar-refractivity contribution >= 4 is 38.5 Å². The summed E-state index contributed by atoms with van der Waals surface area (Å²) < 4.78 is 2.04. The van der Waals surface area contributed by atoms with Gasteiger partial charge in [-0.3, -0.25) is 0 Å². The highest BCUT2D eigenvalue weighted by Crippen LogP contribution is 2.31. The number of hydrogen-bond acceptors (Lipinski definition) is 1. The molecule has 1 aromatic heterocycles. The molecule has 4 heteroatoms. The van der Waals surface area contributed by atoms with Gasteiger partial charge in [-0.05, 0) is 72.7 Å². The Morgan fingerprint density at radius 2 is 1.89 bits per heavy atom. The van der Waals surface area contributed by atoms with Crippen LogP contribution in [-0.4, -0.2) is 10.1 Å². The van der Waals surface area contributed by atoms with Crippen LogP contribution in [0.1, 0.15) is 34.2 Å². The highest BCUT2D eigenvalue weighted by molar-refractivity contribution is 14.1. The Morgan fingerprint density at radius 1 is 1.22 bits per heavy atom. The van der Waals surface area contributed by atoms with Crippen LogP contribution in [0.5, 0.6) is 0 Å². The SMILES string of the molecule is Cc1[nH]c(C(O)c2cc(Br)ccc2I)c(C)c1C. The average Bonchev–Trinajstić information content (AvgIpc) is 2.59. The van der Waals surface area contributed by atoms with Crippen LogP contribution >= 0.6 is 38.5 Å². The molecule has 1 heterocycles. The zero-order valence-corrected chi connectivity index (χ0v) is 14.3. The molecule has 0 amide bonds. The van der Waals surface area contributed by atoms with E-state index in [2.05, 4.69) is 50.4 Å². The number of aliphatic hydroxyl groups is 1. The van der Waals surface area contributed by atoms with E-state index in [-0.39, 0.29) is 0 Å².